The van der Waals surface area contributed by atoms with Crippen LogP contribution in [0.4, 0.5) is 13.2 Å². The van der Waals surface area contributed by atoms with Gasteiger partial charge in [0.1, 0.15) is 0 Å². The van der Waals surface area contributed by atoms with E-state index in [1.54, 1.807) is 0 Å². The second kappa shape index (κ2) is 10.6. The van der Waals surface area contributed by atoms with Crippen LogP contribution in [0.15, 0.2) is 4.99 Å². The van der Waals surface area contributed by atoms with Gasteiger partial charge in [-0.05, 0) is 25.7 Å². The Morgan fingerprint density at radius 1 is 1.30 bits per heavy atom. The summed E-state index contributed by atoms with van der Waals surface area (Å²) in [6.07, 6.45) is -0.202. The third-order valence-electron chi connectivity index (χ3n) is 3.78. The number of guanidine groups is 1. The van der Waals surface area contributed by atoms with Crippen LogP contribution in [0.25, 0.3) is 0 Å². The number of nitrogens with zero attached hydrogens (tertiary/aromatic N) is 2. The van der Waals surface area contributed by atoms with Gasteiger partial charge < -0.3 is 11.1 Å². The van der Waals surface area contributed by atoms with Crippen molar-refractivity contribution in [1.29, 1.82) is 0 Å². The lowest BCUT2D eigenvalue weighted by Gasteiger charge is -2.18. The molecule has 0 spiro atoms. The second-order valence-corrected chi connectivity index (χ2v) is 6.68. The number of nitrogens with two attached hydrogens (primary N) is 1. The normalized spacial score (nSPS) is 21.3. The standard InChI is InChI=1S/C15H29F3N4.HI/c1-11(2)5-4-6-12(3)20-14(19)21-13-7-8-22(9-13)10-15(16,17)18;/h11-13H,4-10H2,1-3H3,(H3,19,20,21);1H. The van der Waals surface area contributed by atoms with Gasteiger partial charge in [-0.3, -0.25) is 4.90 Å². The Hall–Kier alpha value is -0.250. The van der Waals surface area contributed by atoms with E-state index in [9.17, 15) is 13.2 Å². The zero-order chi connectivity index (χ0) is 16.8. The molecule has 2 unspecified atom stereocenters. The van der Waals surface area contributed by atoms with E-state index in [0.29, 0.717) is 31.4 Å². The van der Waals surface area contributed by atoms with E-state index < -0.39 is 12.7 Å². The number of likely N-dealkylation sites (tertiary alicyclic amines) is 1. The molecular formula is C15H30F3IN4. The van der Waals surface area contributed by atoms with E-state index >= 15 is 0 Å². The van der Waals surface area contributed by atoms with Gasteiger partial charge in [-0.1, -0.05) is 26.7 Å². The van der Waals surface area contributed by atoms with Gasteiger partial charge in [0.25, 0.3) is 0 Å². The quantitative estimate of drug-likeness (QED) is 0.356. The molecule has 1 aliphatic rings. The fraction of sp³-hybridized carbons (Fsp3) is 0.933. The molecule has 23 heavy (non-hydrogen) atoms. The fourth-order valence-electron chi connectivity index (χ4n) is 2.71. The summed E-state index contributed by atoms with van der Waals surface area (Å²) in [6.45, 7) is 6.32. The molecule has 8 heteroatoms. The Balaban J connectivity index is 0.00000484. The predicted molar refractivity (Wildman–Crippen MR) is 99.2 cm³/mol. The third-order valence-corrected chi connectivity index (χ3v) is 3.78. The Morgan fingerprint density at radius 3 is 2.52 bits per heavy atom. The van der Waals surface area contributed by atoms with E-state index in [-0.39, 0.29) is 36.1 Å². The van der Waals surface area contributed by atoms with E-state index in [1.807, 2.05) is 6.92 Å². The van der Waals surface area contributed by atoms with Crippen LogP contribution >= 0.6 is 24.0 Å². The molecule has 138 valence electrons. The maximum Gasteiger partial charge on any atom is 0.401 e. The highest BCUT2D eigenvalue weighted by Crippen LogP contribution is 2.21. The van der Waals surface area contributed by atoms with Gasteiger partial charge in [0.05, 0.1) is 12.6 Å². The minimum Gasteiger partial charge on any atom is -0.370 e. The molecule has 0 aromatic carbocycles. The van der Waals surface area contributed by atoms with Crippen LogP contribution in [0.5, 0.6) is 0 Å². The smallest absolute Gasteiger partial charge is 0.370 e. The van der Waals surface area contributed by atoms with Crippen molar-refractivity contribution in [3.8, 4) is 0 Å². The highest BCUT2D eigenvalue weighted by Gasteiger charge is 2.34. The van der Waals surface area contributed by atoms with Crippen molar-refractivity contribution in [2.24, 2.45) is 16.6 Å². The molecule has 0 bridgehead atoms. The Labute approximate surface area is 154 Å². The fourth-order valence-corrected chi connectivity index (χ4v) is 2.71. The summed E-state index contributed by atoms with van der Waals surface area (Å²) >= 11 is 0. The van der Waals surface area contributed by atoms with Crippen LogP contribution < -0.4 is 11.1 Å². The third kappa shape index (κ3) is 11.0. The molecule has 1 saturated heterocycles. The first-order valence-corrected chi connectivity index (χ1v) is 8.04. The van der Waals surface area contributed by atoms with Crippen molar-refractivity contribution in [3.05, 3.63) is 0 Å². The van der Waals surface area contributed by atoms with Gasteiger partial charge in [0, 0.05) is 19.1 Å². The number of alkyl halides is 3. The van der Waals surface area contributed by atoms with Crippen LogP contribution in [0.1, 0.15) is 46.5 Å². The van der Waals surface area contributed by atoms with Crippen LogP contribution in [-0.4, -0.2) is 48.8 Å². The summed E-state index contributed by atoms with van der Waals surface area (Å²) in [5.74, 6) is 1.03. The number of aliphatic imine (C=N–C) groups is 1. The lowest BCUT2D eigenvalue weighted by atomic mass is 10.0. The summed E-state index contributed by atoms with van der Waals surface area (Å²) in [6, 6.07) is 0.0906. The minimum absolute atomic E-state index is 0. The molecule has 1 fully saturated rings. The number of hydrogen-bond donors (Lipinski definition) is 2. The van der Waals surface area contributed by atoms with E-state index in [2.05, 4.69) is 24.2 Å². The molecule has 0 amide bonds. The molecule has 1 rings (SSSR count). The maximum absolute atomic E-state index is 12.3. The summed E-state index contributed by atoms with van der Waals surface area (Å²) in [5.41, 5.74) is 5.86. The van der Waals surface area contributed by atoms with Crippen molar-refractivity contribution in [2.75, 3.05) is 19.6 Å². The van der Waals surface area contributed by atoms with Crippen molar-refractivity contribution in [2.45, 2.75) is 64.7 Å². The molecule has 2 atom stereocenters. The molecule has 1 aliphatic heterocycles. The zero-order valence-electron chi connectivity index (χ0n) is 14.2. The molecule has 0 saturated carbocycles. The monoisotopic (exact) mass is 450 g/mol. The van der Waals surface area contributed by atoms with Gasteiger partial charge in [-0.15, -0.1) is 24.0 Å². The molecular weight excluding hydrogens is 420 g/mol. The van der Waals surface area contributed by atoms with Crippen LogP contribution in [-0.2, 0) is 0 Å². The first-order valence-electron chi connectivity index (χ1n) is 8.04. The predicted octanol–water partition coefficient (Wildman–Crippen LogP) is 3.36. The van der Waals surface area contributed by atoms with Crippen molar-refractivity contribution < 1.29 is 13.2 Å². The second-order valence-electron chi connectivity index (χ2n) is 6.68. The van der Waals surface area contributed by atoms with E-state index in [4.69, 9.17) is 5.73 Å². The maximum atomic E-state index is 12.3. The van der Waals surface area contributed by atoms with Gasteiger partial charge in [0.15, 0.2) is 5.96 Å². The van der Waals surface area contributed by atoms with Crippen molar-refractivity contribution in [1.82, 2.24) is 10.2 Å². The molecule has 1 heterocycles. The largest absolute Gasteiger partial charge is 0.401 e. The van der Waals surface area contributed by atoms with Crippen molar-refractivity contribution in [3.63, 3.8) is 0 Å². The zero-order valence-corrected chi connectivity index (χ0v) is 16.5. The molecule has 0 aromatic rings. The van der Waals surface area contributed by atoms with Gasteiger partial charge >= 0.3 is 6.18 Å². The Kier molecular flexibility index (Phi) is 10.5. The van der Waals surface area contributed by atoms with Crippen molar-refractivity contribution >= 4 is 29.9 Å². The number of hydrogen-bond acceptors (Lipinski definition) is 2. The summed E-state index contributed by atoms with van der Waals surface area (Å²) < 4.78 is 37.0. The molecule has 0 radical (unpaired) electrons. The summed E-state index contributed by atoms with van der Waals surface area (Å²) in [5, 5.41) is 3.13. The van der Waals surface area contributed by atoms with Crippen LogP contribution in [0.2, 0.25) is 0 Å². The number of halogens is 4. The molecule has 3 N–H and O–H groups in total. The van der Waals surface area contributed by atoms with Gasteiger partial charge in [-0.25, -0.2) is 4.99 Å². The first-order chi connectivity index (χ1) is 10.2. The molecule has 0 aliphatic carbocycles. The molecule has 4 nitrogen and oxygen atoms in total. The lowest BCUT2D eigenvalue weighted by Crippen LogP contribution is -2.39. The lowest BCUT2D eigenvalue weighted by molar-refractivity contribution is -0.143. The Bertz CT molecular complexity index is 361. The highest BCUT2D eigenvalue weighted by atomic mass is 127. The van der Waals surface area contributed by atoms with E-state index in [0.717, 1.165) is 12.8 Å². The summed E-state index contributed by atoms with van der Waals surface area (Å²) in [4.78, 5) is 5.70. The first kappa shape index (κ1) is 22.8. The SMILES string of the molecule is CC(C)CCCC(C)NC(N)=NC1CCN(CC(F)(F)F)C1.I. The van der Waals surface area contributed by atoms with Crippen LogP contribution in [0, 0.1) is 5.92 Å². The molecule has 0 aromatic heterocycles. The number of rotatable bonds is 7. The van der Waals surface area contributed by atoms with Gasteiger partial charge in [0.2, 0.25) is 0 Å². The average Bonchev–Trinajstić information content (AvgIpc) is 2.72. The topological polar surface area (TPSA) is 53.6 Å². The Morgan fingerprint density at radius 2 is 1.96 bits per heavy atom. The van der Waals surface area contributed by atoms with Gasteiger partial charge in [-0.2, -0.15) is 13.2 Å². The highest BCUT2D eigenvalue weighted by molar-refractivity contribution is 14.0. The number of nitrogens with one attached hydrogen (secondary N) is 1. The minimum atomic E-state index is -4.15. The van der Waals surface area contributed by atoms with Crippen LogP contribution in [0.3, 0.4) is 0 Å². The van der Waals surface area contributed by atoms with E-state index in [1.165, 1.54) is 11.3 Å². The summed E-state index contributed by atoms with van der Waals surface area (Å²) in [7, 11) is 0. The average molecular weight is 450 g/mol.